The molecule has 0 aliphatic rings. The Hall–Kier alpha value is -1.17. The van der Waals surface area contributed by atoms with Gasteiger partial charge in [0, 0.05) is 0 Å². The molecule has 0 aromatic carbocycles. The number of halogens is 3. The van der Waals surface area contributed by atoms with Crippen molar-refractivity contribution in [2.45, 2.75) is 12.2 Å². The third kappa shape index (κ3) is 1.95. The van der Waals surface area contributed by atoms with Gasteiger partial charge in [-0.25, -0.2) is 0 Å². The largest absolute Gasteiger partial charge is 0.493 e. The van der Waals surface area contributed by atoms with Crippen molar-refractivity contribution in [3.63, 3.8) is 0 Å². The van der Waals surface area contributed by atoms with Gasteiger partial charge in [0.1, 0.15) is 12.3 Å². The minimum absolute atomic E-state index is 0.00447. The Morgan fingerprint density at radius 2 is 2.08 bits per heavy atom. The zero-order valence-corrected chi connectivity index (χ0v) is 6.76. The molecule has 6 heteroatoms. The first-order chi connectivity index (χ1) is 5.96. The second-order valence-corrected chi connectivity index (χ2v) is 2.41. The Labute approximate surface area is 72.3 Å². The number of methoxy groups -OCH3 is 1. The highest BCUT2D eigenvalue weighted by atomic mass is 19.4. The standard InChI is InChI=1S/C7H8F3NO2/c1-12-5-3-13-2-4(5)6(11)7(8,9)10/h2-3,6H,11H2,1H3/t6-/m1/s1. The second kappa shape index (κ2) is 3.29. The molecule has 2 N–H and O–H groups in total. The fourth-order valence-corrected chi connectivity index (χ4v) is 0.864. The second-order valence-electron chi connectivity index (χ2n) is 2.41. The van der Waals surface area contributed by atoms with Crippen LogP contribution in [0.25, 0.3) is 0 Å². The summed E-state index contributed by atoms with van der Waals surface area (Å²) < 4.78 is 45.5. The number of hydrogen-bond donors (Lipinski definition) is 1. The smallest absolute Gasteiger partial charge is 0.407 e. The Kier molecular flexibility index (Phi) is 2.51. The predicted molar refractivity (Wildman–Crippen MR) is 38.2 cm³/mol. The minimum atomic E-state index is -4.49. The van der Waals surface area contributed by atoms with Crippen LogP contribution in [0.5, 0.6) is 5.75 Å². The quantitative estimate of drug-likeness (QED) is 0.783. The fraction of sp³-hybridized carbons (Fsp3) is 0.429. The van der Waals surface area contributed by atoms with E-state index >= 15 is 0 Å². The molecule has 1 aromatic heterocycles. The van der Waals surface area contributed by atoms with Gasteiger partial charge in [-0.15, -0.1) is 0 Å². The van der Waals surface area contributed by atoms with Crippen molar-refractivity contribution < 1.29 is 22.3 Å². The number of hydrogen-bond acceptors (Lipinski definition) is 3. The molecule has 1 aromatic rings. The summed E-state index contributed by atoms with van der Waals surface area (Å²) in [7, 11) is 1.25. The maximum atomic E-state index is 12.1. The molecule has 74 valence electrons. The van der Waals surface area contributed by atoms with Gasteiger partial charge in [0.2, 0.25) is 0 Å². The van der Waals surface area contributed by atoms with Gasteiger partial charge in [0.05, 0.1) is 18.9 Å². The normalized spacial score (nSPS) is 14.2. The number of rotatable bonds is 2. The predicted octanol–water partition coefficient (Wildman–Crippen LogP) is 1.85. The lowest BCUT2D eigenvalue weighted by atomic mass is 10.1. The molecule has 0 amide bonds. The van der Waals surface area contributed by atoms with Gasteiger partial charge in [-0.1, -0.05) is 0 Å². The van der Waals surface area contributed by atoms with E-state index in [2.05, 4.69) is 9.15 Å². The fourth-order valence-electron chi connectivity index (χ4n) is 0.864. The van der Waals surface area contributed by atoms with E-state index in [0.717, 1.165) is 12.5 Å². The van der Waals surface area contributed by atoms with Crippen LogP contribution >= 0.6 is 0 Å². The average Bonchev–Trinajstić information content (AvgIpc) is 2.48. The van der Waals surface area contributed by atoms with E-state index in [0.29, 0.717) is 0 Å². The molecule has 0 bridgehead atoms. The third-order valence-corrected chi connectivity index (χ3v) is 1.56. The molecule has 0 fully saturated rings. The van der Waals surface area contributed by atoms with Crippen molar-refractivity contribution >= 4 is 0 Å². The number of nitrogens with two attached hydrogens (primary N) is 1. The van der Waals surface area contributed by atoms with Crippen LogP contribution in [-0.4, -0.2) is 13.3 Å². The van der Waals surface area contributed by atoms with Crippen LogP contribution in [0.2, 0.25) is 0 Å². The first-order valence-electron chi connectivity index (χ1n) is 3.39. The van der Waals surface area contributed by atoms with Crippen LogP contribution in [0.4, 0.5) is 13.2 Å². The van der Waals surface area contributed by atoms with Gasteiger partial charge in [0.15, 0.2) is 5.75 Å². The van der Waals surface area contributed by atoms with E-state index < -0.39 is 12.2 Å². The number of alkyl halides is 3. The SMILES string of the molecule is COc1cocc1[C@@H](N)C(F)(F)F. The lowest BCUT2D eigenvalue weighted by molar-refractivity contribution is -0.149. The summed E-state index contributed by atoms with van der Waals surface area (Å²) in [6.45, 7) is 0. The van der Waals surface area contributed by atoms with Crippen molar-refractivity contribution in [3.8, 4) is 5.75 Å². The molecule has 0 radical (unpaired) electrons. The Bertz CT molecular complexity index is 282. The molecular formula is C7H8F3NO2. The number of ether oxygens (including phenoxy) is 1. The van der Waals surface area contributed by atoms with Crippen LogP contribution in [0.3, 0.4) is 0 Å². The summed E-state index contributed by atoms with van der Waals surface area (Å²) >= 11 is 0. The van der Waals surface area contributed by atoms with E-state index in [9.17, 15) is 13.2 Å². The lowest BCUT2D eigenvalue weighted by Gasteiger charge is -2.14. The summed E-state index contributed by atoms with van der Waals surface area (Å²) in [5, 5.41) is 0. The molecule has 0 spiro atoms. The maximum absolute atomic E-state index is 12.1. The summed E-state index contributed by atoms with van der Waals surface area (Å²) in [6.07, 6.45) is -2.49. The molecule has 1 heterocycles. The van der Waals surface area contributed by atoms with E-state index in [-0.39, 0.29) is 11.3 Å². The van der Waals surface area contributed by atoms with Crippen LogP contribution in [0.1, 0.15) is 11.6 Å². The third-order valence-electron chi connectivity index (χ3n) is 1.56. The van der Waals surface area contributed by atoms with Crippen molar-refractivity contribution in [2.24, 2.45) is 5.73 Å². The van der Waals surface area contributed by atoms with Gasteiger partial charge in [0.25, 0.3) is 0 Å². The van der Waals surface area contributed by atoms with Crippen LogP contribution in [0.15, 0.2) is 16.9 Å². The monoisotopic (exact) mass is 195 g/mol. The van der Waals surface area contributed by atoms with Gasteiger partial charge in [-0.3, -0.25) is 0 Å². The van der Waals surface area contributed by atoms with E-state index in [1.165, 1.54) is 7.11 Å². The lowest BCUT2D eigenvalue weighted by Crippen LogP contribution is -2.28. The first kappa shape index (κ1) is 9.91. The molecule has 0 aliphatic carbocycles. The van der Waals surface area contributed by atoms with Gasteiger partial charge >= 0.3 is 6.18 Å². The zero-order valence-electron chi connectivity index (χ0n) is 6.76. The molecule has 0 unspecified atom stereocenters. The minimum Gasteiger partial charge on any atom is -0.493 e. The Morgan fingerprint density at radius 3 is 2.54 bits per heavy atom. The molecule has 0 saturated heterocycles. The topological polar surface area (TPSA) is 48.4 Å². The van der Waals surface area contributed by atoms with Crippen LogP contribution in [-0.2, 0) is 0 Å². The molecule has 3 nitrogen and oxygen atoms in total. The summed E-state index contributed by atoms with van der Waals surface area (Å²) in [4.78, 5) is 0. The number of furan rings is 1. The van der Waals surface area contributed by atoms with Crippen molar-refractivity contribution in [2.75, 3.05) is 7.11 Å². The maximum Gasteiger partial charge on any atom is 0.407 e. The molecule has 1 rings (SSSR count). The van der Waals surface area contributed by atoms with Crippen molar-refractivity contribution in [1.29, 1.82) is 0 Å². The molecular weight excluding hydrogens is 187 g/mol. The average molecular weight is 195 g/mol. The van der Waals surface area contributed by atoms with E-state index in [1.807, 2.05) is 0 Å². The van der Waals surface area contributed by atoms with Crippen LogP contribution < -0.4 is 10.5 Å². The van der Waals surface area contributed by atoms with Gasteiger partial charge in [-0.2, -0.15) is 13.2 Å². The zero-order chi connectivity index (χ0) is 10.1. The summed E-state index contributed by atoms with van der Waals surface area (Å²) in [5.41, 5.74) is 4.73. The van der Waals surface area contributed by atoms with E-state index in [4.69, 9.17) is 5.73 Å². The van der Waals surface area contributed by atoms with Crippen molar-refractivity contribution in [3.05, 3.63) is 18.1 Å². The Morgan fingerprint density at radius 1 is 1.46 bits per heavy atom. The Balaban J connectivity index is 2.94. The first-order valence-corrected chi connectivity index (χ1v) is 3.39. The van der Waals surface area contributed by atoms with Gasteiger partial charge in [-0.05, 0) is 0 Å². The van der Waals surface area contributed by atoms with E-state index in [1.54, 1.807) is 0 Å². The summed E-state index contributed by atoms with van der Waals surface area (Å²) in [6, 6.07) is -2.07. The molecule has 1 atom stereocenters. The van der Waals surface area contributed by atoms with Crippen molar-refractivity contribution in [1.82, 2.24) is 0 Å². The molecule has 0 aliphatic heterocycles. The highest BCUT2D eigenvalue weighted by Gasteiger charge is 2.40. The molecule has 13 heavy (non-hydrogen) atoms. The summed E-state index contributed by atoms with van der Waals surface area (Å²) in [5.74, 6) is 0.00447. The van der Waals surface area contributed by atoms with Gasteiger partial charge < -0.3 is 14.9 Å². The highest BCUT2D eigenvalue weighted by molar-refractivity contribution is 5.31. The van der Waals surface area contributed by atoms with Crippen LogP contribution in [0, 0.1) is 0 Å². The molecule has 0 saturated carbocycles. The highest BCUT2D eigenvalue weighted by Crippen LogP contribution is 2.35.